The van der Waals surface area contributed by atoms with Crippen LogP contribution >= 0.6 is 7.82 Å². The van der Waals surface area contributed by atoms with E-state index < -0.39 is 26.6 Å². The smallest absolute Gasteiger partial charge is 0.306 e. The van der Waals surface area contributed by atoms with Crippen LogP contribution in [0.1, 0.15) is 316 Å². The van der Waals surface area contributed by atoms with Crippen LogP contribution in [-0.2, 0) is 27.9 Å². The van der Waals surface area contributed by atoms with Gasteiger partial charge < -0.3 is 28.5 Å². The fourth-order valence-electron chi connectivity index (χ4n) is 9.74. The Labute approximate surface area is 490 Å². The second-order valence-electron chi connectivity index (χ2n) is 24.0. The van der Waals surface area contributed by atoms with Gasteiger partial charge in [0.1, 0.15) is 19.3 Å². The quantitative estimate of drug-likeness (QED) is 0.0212. The fourth-order valence-corrected chi connectivity index (χ4v) is 10.5. The number of unbranched alkanes of at least 4 members (excludes halogenated alkanes) is 37. The Morgan fingerprint density at radius 3 is 1.18 bits per heavy atom. The summed E-state index contributed by atoms with van der Waals surface area (Å²) in [4.78, 5) is 40.1. The van der Waals surface area contributed by atoms with Crippen LogP contribution in [0.4, 0.5) is 0 Å². The molecule has 0 aliphatic carbocycles. The summed E-state index contributed by atoms with van der Waals surface area (Å²) in [6.07, 6.45) is 74.7. The van der Waals surface area contributed by atoms with Crippen molar-refractivity contribution in [2.24, 2.45) is 0 Å². The van der Waals surface area contributed by atoms with Crippen LogP contribution in [0.5, 0.6) is 0 Å². The minimum Gasteiger partial charge on any atom is -0.756 e. The lowest BCUT2D eigenvalue weighted by atomic mass is 10.0. The van der Waals surface area contributed by atoms with Crippen molar-refractivity contribution in [3.05, 3.63) is 60.8 Å². The highest BCUT2D eigenvalue weighted by molar-refractivity contribution is 7.45. The lowest BCUT2D eigenvalue weighted by Gasteiger charge is -2.30. The summed E-state index contributed by atoms with van der Waals surface area (Å²) in [6, 6.07) is -0.894. The van der Waals surface area contributed by atoms with E-state index >= 15 is 0 Å². The normalized spacial score (nSPS) is 14.0. The van der Waals surface area contributed by atoms with Crippen molar-refractivity contribution in [2.75, 3.05) is 40.9 Å². The van der Waals surface area contributed by atoms with Crippen LogP contribution in [0.3, 0.4) is 0 Å². The minimum atomic E-state index is -4.70. The average molecular weight is 1130 g/mol. The maximum Gasteiger partial charge on any atom is 0.306 e. The van der Waals surface area contributed by atoms with Gasteiger partial charge in [-0.2, -0.15) is 0 Å². The second kappa shape index (κ2) is 58.9. The largest absolute Gasteiger partial charge is 0.756 e. The van der Waals surface area contributed by atoms with Crippen LogP contribution in [-0.4, -0.2) is 69.4 Å². The molecule has 0 heterocycles. The van der Waals surface area contributed by atoms with Gasteiger partial charge in [-0.3, -0.25) is 14.2 Å². The van der Waals surface area contributed by atoms with Gasteiger partial charge in [0.25, 0.3) is 7.82 Å². The topological polar surface area (TPSA) is 114 Å². The summed E-state index contributed by atoms with van der Waals surface area (Å²) in [5, 5.41) is 3.04. The number of quaternary nitrogens is 1. The highest BCUT2D eigenvalue weighted by Crippen LogP contribution is 2.38. The van der Waals surface area contributed by atoms with Gasteiger partial charge in [-0.05, 0) is 76.7 Å². The Hall–Kier alpha value is -2.29. The van der Waals surface area contributed by atoms with E-state index in [1.807, 2.05) is 33.3 Å². The maximum atomic E-state index is 13.6. The third-order valence-corrected chi connectivity index (χ3v) is 15.9. The van der Waals surface area contributed by atoms with Crippen molar-refractivity contribution in [1.82, 2.24) is 5.32 Å². The van der Waals surface area contributed by atoms with Crippen molar-refractivity contribution in [1.29, 1.82) is 0 Å². The van der Waals surface area contributed by atoms with Crippen molar-refractivity contribution in [3.8, 4) is 0 Å². The summed E-state index contributed by atoms with van der Waals surface area (Å²) in [7, 11) is 1.18. The van der Waals surface area contributed by atoms with Gasteiger partial charge in [-0.15, -0.1) is 0 Å². The molecule has 10 heteroatoms. The summed E-state index contributed by atoms with van der Waals surface area (Å²) in [5.41, 5.74) is 0. The number of hydrogen-bond acceptors (Lipinski definition) is 7. The summed E-state index contributed by atoms with van der Waals surface area (Å²) >= 11 is 0. The van der Waals surface area contributed by atoms with E-state index in [1.165, 1.54) is 193 Å². The molecule has 0 aromatic carbocycles. The van der Waals surface area contributed by atoms with E-state index in [1.54, 1.807) is 0 Å². The molecular formula is C69H129N2O7P. The van der Waals surface area contributed by atoms with Gasteiger partial charge >= 0.3 is 5.97 Å². The van der Waals surface area contributed by atoms with Gasteiger partial charge in [0.2, 0.25) is 5.91 Å². The summed E-state index contributed by atoms with van der Waals surface area (Å²) < 4.78 is 30.4. The molecule has 3 atom stereocenters. The predicted octanol–water partition coefficient (Wildman–Crippen LogP) is 20.4. The van der Waals surface area contributed by atoms with Gasteiger partial charge in [0.15, 0.2) is 0 Å². The van der Waals surface area contributed by atoms with Gasteiger partial charge in [0, 0.05) is 12.8 Å². The van der Waals surface area contributed by atoms with E-state index in [-0.39, 0.29) is 24.9 Å². The fraction of sp³-hybridized carbons (Fsp3) is 0.826. The molecule has 9 nitrogen and oxygen atoms in total. The molecule has 0 spiro atoms. The van der Waals surface area contributed by atoms with Crippen molar-refractivity contribution in [3.63, 3.8) is 0 Å². The Morgan fingerprint density at radius 1 is 0.443 bits per heavy atom. The number of amides is 1. The van der Waals surface area contributed by atoms with Gasteiger partial charge in [-0.25, -0.2) is 0 Å². The number of carbonyl (C=O) groups excluding carboxylic acids is 2. The first-order valence-corrected chi connectivity index (χ1v) is 35.1. The first kappa shape index (κ1) is 76.7. The predicted molar refractivity (Wildman–Crippen MR) is 339 cm³/mol. The molecule has 0 saturated carbocycles. The van der Waals surface area contributed by atoms with E-state index in [4.69, 9.17) is 13.8 Å². The number of ether oxygens (including phenoxy) is 1. The molecule has 1 N–H and O–H groups in total. The third-order valence-electron chi connectivity index (χ3n) is 15.0. The van der Waals surface area contributed by atoms with Crippen LogP contribution < -0.4 is 10.2 Å². The van der Waals surface area contributed by atoms with E-state index in [0.29, 0.717) is 17.4 Å². The molecule has 0 fully saturated rings. The molecule has 0 bridgehead atoms. The Morgan fingerprint density at radius 2 is 0.772 bits per heavy atom. The average Bonchev–Trinajstić information content (AvgIpc) is 3.41. The SMILES string of the molecule is CCCCC/C=C\C/C=C\C/C=C\C/C=C\CCCCCCCCCC(=O)NC(COP(=O)([O-])OCC[N+](C)(C)C)C(/C=C\CCCCCCCCCCCCC)OC(=O)CCCCCCCCCCCCCCCCCCC. The van der Waals surface area contributed by atoms with E-state index in [0.717, 1.165) is 89.9 Å². The highest BCUT2D eigenvalue weighted by Gasteiger charge is 2.27. The Balaban J connectivity index is 5.20. The number of phosphoric ester groups is 1. The van der Waals surface area contributed by atoms with Crippen LogP contribution in [0, 0.1) is 0 Å². The number of phosphoric acid groups is 1. The number of esters is 1. The zero-order chi connectivity index (χ0) is 57.9. The van der Waals surface area contributed by atoms with Crippen LogP contribution in [0.15, 0.2) is 60.8 Å². The number of likely N-dealkylation sites (N-methyl/N-ethyl adjacent to an activating group) is 1. The number of allylic oxidation sites excluding steroid dienone is 9. The number of nitrogens with zero attached hydrogens (tertiary/aromatic N) is 1. The first-order chi connectivity index (χ1) is 38.4. The maximum absolute atomic E-state index is 13.6. The number of hydrogen-bond donors (Lipinski definition) is 1. The lowest BCUT2D eigenvalue weighted by molar-refractivity contribution is -0.870. The lowest BCUT2D eigenvalue weighted by Crippen LogP contribution is -2.47. The third kappa shape index (κ3) is 60.1. The van der Waals surface area contributed by atoms with Crippen molar-refractivity contribution in [2.45, 2.75) is 328 Å². The van der Waals surface area contributed by atoms with Crippen molar-refractivity contribution >= 4 is 19.7 Å². The molecule has 0 rings (SSSR count). The first-order valence-electron chi connectivity index (χ1n) is 33.6. The molecule has 0 radical (unpaired) electrons. The Bertz CT molecular complexity index is 1540. The number of carbonyl (C=O) groups is 2. The van der Waals surface area contributed by atoms with Gasteiger partial charge in [-0.1, -0.05) is 287 Å². The molecule has 462 valence electrons. The monoisotopic (exact) mass is 1130 g/mol. The molecular weight excluding hydrogens is 1000 g/mol. The minimum absolute atomic E-state index is 0.0245. The summed E-state index contributed by atoms with van der Waals surface area (Å²) in [5.74, 6) is -0.541. The molecule has 0 saturated heterocycles. The Kier molecular flexibility index (Phi) is 57.2. The van der Waals surface area contributed by atoms with E-state index in [9.17, 15) is 19.0 Å². The second-order valence-corrected chi connectivity index (χ2v) is 25.4. The highest BCUT2D eigenvalue weighted by atomic mass is 31.2. The molecule has 0 aliphatic heterocycles. The zero-order valence-corrected chi connectivity index (χ0v) is 53.7. The van der Waals surface area contributed by atoms with Gasteiger partial charge in [0.05, 0.1) is 33.8 Å². The molecule has 79 heavy (non-hydrogen) atoms. The zero-order valence-electron chi connectivity index (χ0n) is 52.8. The van der Waals surface area contributed by atoms with E-state index in [2.05, 4.69) is 74.7 Å². The molecule has 0 aliphatic rings. The van der Waals surface area contributed by atoms with Crippen molar-refractivity contribution < 1.29 is 37.3 Å². The standard InChI is InChI=1S/C69H129N2O7P/c1-7-10-13-16-19-22-25-28-30-32-33-34-35-36-37-39-40-43-46-49-52-55-58-61-68(72)70-66(65-77-79(74,75)76-64-63-71(4,5)6)67(60-57-54-51-48-45-42-27-24-21-18-15-12-9-3)78-69(73)62-59-56-53-50-47-44-41-38-31-29-26-23-20-17-14-11-8-2/h19,22,28,30,33-34,36-37,57,60,66-67H,7-18,20-21,23-27,29,31-32,35,38-56,58-59,61-65H2,1-6H3,(H-,70,72,74,75)/b22-19-,30-28-,34-33-,37-36-,60-57-. The molecule has 0 aromatic rings. The summed E-state index contributed by atoms with van der Waals surface area (Å²) in [6.45, 7) is 6.84. The number of rotatable bonds is 61. The van der Waals surface area contributed by atoms with Crippen LogP contribution in [0.25, 0.3) is 0 Å². The molecule has 0 aromatic heterocycles. The number of nitrogens with one attached hydrogen (secondary N) is 1. The molecule has 1 amide bonds. The molecule has 3 unspecified atom stereocenters. The van der Waals surface area contributed by atoms with Crippen LogP contribution in [0.2, 0.25) is 0 Å².